The minimum atomic E-state index is 1.13. The lowest BCUT2D eigenvalue weighted by Crippen LogP contribution is -1.81. The summed E-state index contributed by atoms with van der Waals surface area (Å²) in [6.07, 6.45) is 13.9. The summed E-state index contributed by atoms with van der Waals surface area (Å²) >= 11 is 0. The van der Waals surface area contributed by atoms with Gasteiger partial charge in [-0.05, 0) is 12.3 Å². The Morgan fingerprint density at radius 2 is 1.91 bits per heavy atom. The van der Waals surface area contributed by atoms with Crippen LogP contribution in [0.4, 0.5) is 0 Å². The van der Waals surface area contributed by atoms with Crippen LogP contribution in [0.5, 0.6) is 0 Å². The summed E-state index contributed by atoms with van der Waals surface area (Å²) in [5.41, 5.74) is 0. The van der Waals surface area contributed by atoms with Crippen molar-refractivity contribution in [1.82, 2.24) is 0 Å². The van der Waals surface area contributed by atoms with Crippen molar-refractivity contribution in [3.63, 3.8) is 0 Å². The summed E-state index contributed by atoms with van der Waals surface area (Å²) in [6.45, 7) is 2.26. The second-order valence-electron chi connectivity index (χ2n) is 3.81. The molecule has 0 amide bonds. The molecule has 0 nitrogen and oxygen atoms in total. The van der Waals surface area contributed by atoms with Gasteiger partial charge in [-0.15, -0.1) is 0 Å². The molecule has 11 heavy (non-hydrogen) atoms. The van der Waals surface area contributed by atoms with Crippen molar-refractivity contribution in [1.29, 1.82) is 0 Å². The van der Waals surface area contributed by atoms with Crippen LogP contribution in [0.25, 0.3) is 0 Å². The molecule has 1 saturated carbocycles. The van der Waals surface area contributed by atoms with E-state index in [9.17, 15) is 0 Å². The Morgan fingerprint density at radius 1 is 1.18 bits per heavy atom. The van der Waals surface area contributed by atoms with Gasteiger partial charge in [-0.25, -0.2) is 0 Å². The molecule has 0 atom stereocenters. The van der Waals surface area contributed by atoms with Gasteiger partial charge in [-0.3, -0.25) is 0 Å². The van der Waals surface area contributed by atoms with Crippen LogP contribution >= 0.6 is 0 Å². The quantitative estimate of drug-likeness (QED) is 0.486. The summed E-state index contributed by atoms with van der Waals surface area (Å²) < 4.78 is 0. The molecule has 0 spiro atoms. The maximum atomic E-state index is 2.48. The highest BCUT2D eigenvalue weighted by atomic mass is 14.2. The lowest BCUT2D eigenvalue weighted by atomic mass is 10.1. The molecule has 0 saturated heterocycles. The summed E-state index contributed by atoms with van der Waals surface area (Å²) in [5, 5.41) is 0. The molecule has 1 aliphatic carbocycles. The normalized spacial score (nSPS) is 17.2. The van der Waals surface area contributed by atoms with Gasteiger partial charge < -0.3 is 0 Å². The van der Waals surface area contributed by atoms with Gasteiger partial charge in [0, 0.05) is 0 Å². The highest BCUT2D eigenvalue weighted by Gasteiger charge is 2.19. The van der Waals surface area contributed by atoms with Crippen LogP contribution in [-0.2, 0) is 0 Å². The first-order chi connectivity index (χ1) is 5.43. The summed E-state index contributed by atoms with van der Waals surface area (Å²) in [6, 6.07) is 0. The lowest BCUT2D eigenvalue weighted by molar-refractivity contribution is 0.639. The van der Waals surface area contributed by atoms with Gasteiger partial charge in [0.25, 0.3) is 0 Å². The van der Waals surface area contributed by atoms with E-state index in [-0.39, 0.29) is 0 Å². The van der Waals surface area contributed by atoms with Crippen molar-refractivity contribution in [3.05, 3.63) is 6.42 Å². The SMILES string of the molecule is CCCC[CH]CCCC1CC1. The van der Waals surface area contributed by atoms with Gasteiger partial charge in [0.05, 0.1) is 0 Å². The van der Waals surface area contributed by atoms with E-state index < -0.39 is 0 Å². The van der Waals surface area contributed by atoms with Crippen molar-refractivity contribution < 1.29 is 0 Å². The molecule has 65 valence electrons. The Kier molecular flexibility index (Phi) is 4.65. The van der Waals surface area contributed by atoms with Gasteiger partial charge in [0.1, 0.15) is 0 Å². The second kappa shape index (κ2) is 5.62. The first-order valence-electron chi connectivity index (χ1n) is 5.25. The minimum Gasteiger partial charge on any atom is -0.0654 e. The maximum Gasteiger partial charge on any atom is -0.0386 e. The van der Waals surface area contributed by atoms with E-state index in [1.807, 2.05) is 0 Å². The third kappa shape index (κ3) is 5.29. The smallest absolute Gasteiger partial charge is 0.0386 e. The number of hydrogen-bond acceptors (Lipinski definition) is 0. The van der Waals surface area contributed by atoms with Gasteiger partial charge >= 0.3 is 0 Å². The largest absolute Gasteiger partial charge is 0.0654 e. The Balaban J connectivity index is 1.66. The Morgan fingerprint density at radius 3 is 2.55 bits per heavy atom. The number of unbranched alkanes of at least 4 members (excludes halogenated alkanes) is 5. The molecular weight excluding hydrogens is 132 g/mol. The molecule has 0 heteroatoms. The molecule has 1 aliphatic rings. The fraction of sp³-hybridized carbons (Fsp3) is 0.909. The number of rotatable bonds is 7. The molecule has 0 heterocycles. The molecule has 1 rings (SSSR count). The molecule has 0 N–H and O–H groups in total. The van der Waals surface area contributed by atoms with Gasteiger partial charge in [0.15, 0.2) is 0 Å². The molecule has 0 bridgehead atoms. The molecule has 0 aromatic heterocycles. The highest BCUT2D eigenvalue weighted by molar-refractivity contribution is 4.74. The molecule has 0 unspecified atom stereocenters. The highest BCUT2D eigenvalue weighted by Crippen LogP contribution is 2.34. The van der Waals surface area contributed by atoms with Crippen LogP contribution in [0.2, 0.25) is 0 Å². The molecule has 0 aliphatic heterocycles. The topological polar surface area (TPSA) is 0 Å². The average molecular weight is 153 g/mol. The average Bonchev–Trinajstić information content (AvgIpc) is 2.80. The lowest BCUT2D eigenvalue weighted by Gasteiger charge is -1.98. The molecule has 0 aromatic carbocycles. The van der Waals surface area contributed by atoms with Crippen molar-refractivity contribution in [2.45, 2.75) is 58.3 Å². The van der Waals surface area contributed by atoms with Gasteiger partial charge in [-0.1, -0.05) is 58.3 Å². The van der Waals surface area contributed by atoms with Crippen LogP contribution in [-0.4, -0.2) is 0 Å². The zero-order valence-electron chi connectivity index (χ0n) is 7.81. The van der Waals surface area contributed by atoms with Crippen LogP contribution in [0.15, 0.2) is 0 Å². The van der Waals surface area contributed by atoms with Crippen molar-refractivity contribution in [2.24, 2.45) is 5.92 Å². The summed E-state index contributed by atoms with van der Waals surface area (Å²) in [5.74, 6) is 1.13. The van der Waals surface area contributed by atoms with Crippen molar-refractivity contribution >= 4 is 0 Å². The van der Waals surface area contributed by atoms with Crippen LogP contribution < -0.4 is 0 Å². The van der Waals surface area contributed by atoms with Crippen LogP contribution in [0, 0.1) is 12.3 Å². The molecule has 0 aromatic rings. The fourth-order valence-corrected chi connectivity index (χ4v) is 1.45. The standard InChI is InChI=1S/C11H21/c1-2-3-4-5-6-7-8-11-9-10-11/h5,11H,2-4,6-10H2,1H3. The number of hydrogen-bond donors (Lipinski definition) is 0. The molecule has 1 radical (unpaired) electrons. The predicted molar refractivity (Wildman–Crippen MR) is 50.4 cm³/mol. The van der Waals surface area contributed by atoms with Gasteiger partial charge in [-0.2, -0.15) is 0 Å². The van der Waals surface area contributed by atoms with Crippen LogP contribution in [0.1, 0.15) is 58.3 Å². The predicted octanol–water partition coefficient (Wildman–Crippen LogP) is 3.96. The second-order valence-corrected chi connectivity index (χ2v) is 3.81. The molecule has 1 fully saturated rings. The van der Waals surface area contributed by atoms with E-state index in [1.54, 1.807) is 0 Å². The first kappa shape index (κ1) is 9.09. The van der Waals surface area contributed by atoms with Crippen molar-refractivity contribution in [2.75, 3.05) is 0 Å². The van der Waals surface area contributed by atoms with E-state index in [2.05, 4.69) is 13.3 Å². The fourth-order valence-electron chi connectivity index (χ4n) is 1.45. The Labute approximate surface area is 71.4 Å². The Bertz CT molecular complexity index is 82.0. The maximum absolute atomic E-state index is 2.48. The summed E-state index contributed by atoms with van der Waals surface area (Å²) in [7, 11) is 0. The van der Waals surface area contributed by atoms with Gasteiger partial charge in [0.2, 0.25) is 0 Å². The van der Waals surface area contributed by atoms with E-state index in [1.165, 1.54) is 51.4 Å². The summed E-state index contributed by atoms with van der Waals surface area (Å²) in [4.78, 5) is 0. The van der Waals surface area contributed by atoms with Crippen LogP contribution in [0.3, 0.4) is 0 Å². The third-order valence-electron chi connectivity index (χ3n) is 2.48. The zero-order chi connectivity index (χ0) is 7.94. The zero-order valence-corrected chi connectivity index (χ0v) is 7.81. The van der Waals surface area contributed by atoms with E-state index >= 15 is 0 Å². The Hall–Kier alpha value is 0. The third-order valence-corrected chi connectivity index (χ3v) is 2.48. The van der Waals surface area contributed by atoms with E-state index in [4.69, 9.17) is 0 Å². The minimum absolute atomic E-state index is 1.13. The first-order valence-corrected chi connectivity index (χ1v) is 5.25. The van der Waals surface area contributed by atoms with Crippen molar-refractivity contribution in [3.8, 4) is 0 Å². The van der Waals surface area contributed by atoms with E-state index in [0.29, 0.717) is 0 Å². The monoisotopic (exact) mass is 153 g/mol. The molecular formula is C11H21. The van der Waals surface area contributed by atoms with E-state index in [0.717, 1.165) is 5.92 Å².